The third-order valence-electron chi connectivity index (χ3n) is 7.33. The lowest BCUT2D eigenvalue weighted by atomic mass is 9.96. The minimum absolute atomic E-state index is 0.104. The molecule has 1 aliphatic heterocycles. The summed E-state index contributed by atoms with van der Waals surface area (Å²) in [6.07, 6.45) is 3.54. The van der Waals surface area contributed by atoms with E-state index in [1.165, 1.54) is 5.56 Å². The molecule has 40 heavy (non-hydrogen) atoms. The molecule has 6 rings (SSSR count). The van der Waals surface area contributed by atoms with Gasteiger partial charge in [-0.1, -0.05) is 6.07 Å². The maximum absolute atomic E-state index is 6.07. The molecule has 1 N–H and O–H groups in total. The Morgan fingerprint density at radius 3 is 2.30 bits per heavy atom. The number of nitrogens with one attached hydrogen (secondary N) is 1. The molecule has 4 heterocycles. The number of aromatic nitrogens is 2. The maximum atomic E-state index is 6.07. The van der Waals surface area contributed by atoms with E-state index in [1.807, 2.05) is 85.1 Å². The summed E-state index contributed by atoms with van der Waals surface area (Å²) in [5.41, 5.74) is 5.41. The number of thiocarbonyl (C=S) groups is 1. The van der Waals surface area contributed by atoms with Crippen LogP contribution in [0.2, 0.25) is 0 Å². The Balaban J connectivity index is 1.35. The van der Waals surface area contributed by atoms with Gasteiger partial charge in [-0.3, -0.25) is 4.98 Å². The van der Waals surface area contributed by atoms with E-state index in [2.05, 4.69) is 34.7 Å². The maximum Gasteiger partial charge on any atom is 0.174 e. The molecule has 0 radical (unpaired) electrons. The molecule has 0 amide bonds. The Labute approximate surface area is 239 Å². The number of aryl methyl sites for hydroxylation is 1. The van der Waals surface area contributed by atoms with Crippen LogP contribution in [-0.4, -0.2) is 21.8 Å². The van der Waals surface area contributed by atoms with E-state index in [-0.39, 0.29) is 12.1 Å². The smallest absolute Gasteiger partial charge is 0.174 e. The number of anilines is 1. The van der Waals surface area contributed by atoms with Gasteiger partial charge in [0.05, 0.1) is 37.7 Å². The van der Waals surface area contributed by atoms with Crippen molar-refractivity contribution in [2.75, 3.05) is 12.0 Å². The summed E-state index contributed by atoms with van der Waals surface area (Å²) in [5.74, 6) is 3.18. The van der Waals surface area contributed by atoms with Crippen LogP contribution in [-0.2, 0) is 6.54 Å². The number of nitrogens with zero attached hydrogens (tertiary/aromatic N) is 3. The van der Waals surface area contributed by atoms with E-state index in [9.17, 15) is 0 Å². The molecule has 0 aliphatic carbocycles. The van der Waals surface area contributed by atoms with Crippen molar-refractivity contribution in [3.8, 4) is 17.2 Å². The average Bonchev–Trinajstić information content (AvgIpc) is 3.69. The van der Waals surface area contributed by atoms with Gasteiger partial charge in [-0.25, -0.2) is 0 Å². The summed E-state index contributed by atoms with van der Waals surface area (Å²) < 4.78 is 19.2. The highest BCUT2D eigenvalue weighted by Gasteiger charge is 2.42. The third kappa shape index (κ3) is 4.94. The van der Waals surface area contributed by atoms with E-state index < -0.39 is 0 Å². The molecule has 0 bridgehead atoms. The summed E-state index contributed by atoms with van der Waals surface area (Å²) >= 11 is 5.94. The monoisotopic (exact) mass is 550 g/mol. The minimum atomic E-state index is -0.124. The Bertz CT molecular complexity index is 1600. The number of furan rings is 1. The predicted molar refractivity (Wildman–Crippen MR) is 159 cm³/mol. The first-order valence-corrected chi connectivity index (χ1v) is 13.5. The largest absolute Gasteiger partial charge is 0.497 e. The van der Waals surface area contributed by atoms with Crippen LogP contribution in [0, 0.1) is 13.8 Å². The van der Waals surface area contributed by atoms with Crippen LogP contribution in [0.1, 0.15) is 40.5 Å². The Morgan fingerprint density at radius 2 is 1.65 bits per heavy atom. The third-order valence-corrected chi connectivity index (χ3v) is 7.65. The SMILES string of the molecule is COc1ccc(Oc2ccc(N3C(=S)N[C@@H](c4ccccn4)[C@@H]3c3cc(C)n(Cc4ccco4)c3C)cc2)cc1. The fraction of sp³-hybridized carbons (Fsp3) is 0.188. The van der Waals surface area contributed by atoms with Crippen molar-refractivity contribution in [1.82, 2.24) is 14.9 Å². The number of hydrogen-bond acceptors (Lipinski definition) is 5. The summed E-state index contributed by atoms with van der Waals surface area (Å²) in [6, 6.07) is 27.5. The van der Waals surface area contributed by atoms with Crippen LogP contribution in [0.4, 0.5) is 5.69 Å². The summed E-state index contributed by atoms with van der Waals surface area (Å²) in [6.45, 7) is 4.96. The summed E-state index contributed by atoms with van der Waals surface area (Å²) in [4.78, 5) is 6.88. The second-order valence-corrected chi connectivity index (χ2v) is 10.1. The van der Waals surface area contributed by atoms with Crippen LogP contribution >= 0.6 is 12.2 Å². The quantitative estimate of drug-likeness (QED) is 0.206. The number of methoxy groups -OCH3 is 1. The van der Waals surface area contributed by atoms with E-state index in [1.54, 1.807) is 13.4 Å². The van der Waals surface area contributed by atoms with Crippen molar-refractivity contribution >= 4 is 23.0 Å². The molecule has 5 aromatic rings. The fourth-order valence-electron chi connectivity index (χ4n) is 5.33. The van der Waals surface area contributed by atoms with Gasteiger partial charge in [0, 0.05) is 23.3 Å². The summed E-state index contributed by atoms with van der Waals surface area (Å²) in [7, 11) is 1.65. The zero-order chi connectivity index (χ0) is 27.6. The normalized spacial score (nSPS) is 16.7. The fourth-order valence-corrected chi connectivity index (χ4v) is 5.68. The number of pyridine rings is 1. The van der Waals surface area contributed by atoms with Gasteiger partial charge in [-0.2, -0.15) is 0 Å². The van der Waals surface area contributed by atoms with Crippen molar-refractivity contribution < 1.29 is 13.9 Å². The van der Waals surface area contributed by atoms with E-state index in [4.69, 9.17) is 31.1 Å². The van der Waals surface area contributed by atoms with Crippen molar-refractivity contribution in [3.05, 3.63) is 126 Å². The molecule has 3 aromatic heterocycles. The van der Waals surface area contributed by atoms with Gasteiger partial charge < -0.3 is 28.7 Å². The molecule has 0 spiro atoms. The van der Waals surface area contributed by atoms with Gasteiger partial charge in [0.25, 0.3) is 0 Å². The van der Waals surface area contributed by atoms with E-state index in [0.717, 1.165) is 45.8 Å². The first-order valence-electron chi connectivity index (χ1n) is 13.1. The van der Waals surface area contributed by atoms with Crippen molar-refractivity contribution in [3.63, 3.8) is 0 Å². The molecule has 2 atom stereocenters. The number of benzene rings is 2. The lowest BCUT2D eigenvalue weighted by molar-refractivity contribution is 0.413. The van der Waals surface area contributed by atoms with Crippen LogP contribution < -0.4 is 19.7 Å². The standard InChI is InChI=1S/C32H30N4O3S/c1-21-19-28(22(2)35(21)20-27-7-6-18-38-27)31-30(29-8-4-5-17-33-29)34-32(40)36(31)23-9-11-25(12-10-23)39-26-15-13-24(37-3)14-16-26/h4-19,30-31H,20H2,1-3H3,(H,34,40)/t30-,31-/m0/s1. The van der Waals surface area contributed by atoms with Crippen LogP contribution in [0.5, 0.6) is 17.2 Å². The molecule has 0 saturated carbocycles. The van der Waals surface area contributed by atoms with Crippen LogP contribution in [0.15, 0.2) is 102 Å². The second-order valence-electron chi connectivity index (χ2n) is 9.76. The molecule has 202 valence electrons. The molecule has 7 nitrogen and oxygen atoms in total. The number of ether oxygens (including phenoxy) is 2. The Hall–Kier alpha value is -4.56. The molecular formula is C32H30N4O3S. The second kappa shape index (κ2) is 10.9. The van der Waals surface area contributed by atoms with Gasteiger partial charge in [-0.15, -0.1) is 0 Å². The average molecular weight is 551 g/mol. The van der Waals surface area contributed by atoms with Gasteiger partial charge in [0.1, 0.15) is 23.0 Å². The zero-order valence-corrected chi connectivity index (χ0v) is 23.4. The van der Waals surface area contributed by atoms with Crippen LogP contribution in [0.25, 0.3) is 0 Å². The van der Waals surface area contributed by atoms with Gasteiger partial charge in [0.15, 0.2) is 5.11 Å². The lowest BCUT2D eigenvalue weighted by Crippen LogP contribution is -2.29. The van der Waals surface area contributed by atoms with E-state index in [0.29, 0.717) is 11.7 Å². The van der Waals surface area contributed by atoms with E-state index >= 15 is 0 Å². The van der Waals surface area contributed by atoms with Gasteiger partial charge in [-0.05, 0) is 110 Å². The van der Waals surface area contributed by atoms with Crippen LogP contribution in [0.3, 0.4) is 0 Å². The first kappa shape index (κ1) is 25.7. The Kier molecular flexibility index (Phi) is 7.00. The molecule has 8 heteroatoms. The summed E-state index contributed by atoms with van der Waals surface area (Å²) in [5, 5.41) is 4.21. The molecule has 1 aliphatic rings. The highest BCUT2D eigenvalue weighted by Crippen LogP contribution is 2.43. The molecule has 0 unspecified atom stereocenters. The number of hydrogen-bond donors (Lipinski definition) is 1. The minimum Gasteiger partial charge on any atom is -0.497 e. The number of rotatable bonds is 8. The van der Waals surface area contributed by atoms with Gasteiger partial charge >= 0.3 is 0 Å². The highest BCUT2D eigenvalue weighted by molar-refractivity contribution is 7.80. The highest BCUT2D eigenvalue weighted by atomic mass is 32.1. The topological polar surface area (TPSA) is 64.7 Å². The molecule has 1 fully saturated rings. The van der Waals surface area contributed by atoms with Crippen molar-refractivity contribution in [2.24, 2.45) is 0 Å². The lowest BCUT2D eigenvalue weighted by Gasteiger charge is -2.28. The zero-order valence-electron chi connectivity index (χ0n) is 22.6. The van der Waals surface area contributed by atoms with Gasteiger partial charge in [0.2, 0.25) is 0 Å². The predicted octanol–water partition coefficient (Wildman–Crippen LogP) is 7.12. The molecule has 2 aromatic carbocycles. The Morgan fingerprint density at radius 1 is 0.925 bits per heavy atom. The first-order chi connectivity index (χ1) is 19.5. The molecular weight excluding hydrogens is 520 g/mol. The molecule has 1 saturated heterocycles. The van der Waals surface area contributed by atoms with Crippen molar-refractivity contribution in [2.45, 2.75) is 32.5 Å². The van der Waals surface area contributed by atoms with Crippen molar-refractivity contribution in [1.29, 1.82) is 0 Å².